The first-order chi connectivity index (χ1) is 31.6. The zero-order chi connectivity index (χ0) is 46.4. The van der Waals surface area contributed by atoms with Gasteiger partial charge in [-0.3, -0.25) is 4.79 Å². The van der Waals surface area contributed by atoms with E-state index in [0.29, 0.717) is 36.2 Å². The maximum absolute atomic E-state index is 14.1. The van der Waals surface area contributed by atoms with Crippen molar-refractivity contribution in [1.82, 2.24) is 28.7 Å². The molecule has 2 aromatic carbocycles. The summed E-state index contributed by atoms with van der Waals surface area (Å²) in [5, 5.41) is 15.6. The van der Waals surface area contributed by atoms with Crippen molar-refractivity contribution >= 4 is 55.2 Å². The third kappa shape index (κ3) is 9.02. The van der Waals surface area contributed by atoms with Crippen LogP contribution in [0.2, 0.25) is 0 Å². The standard InChI is InChI=1S/C50H61N7O7S2/c1-33(2)30-50(42-9-8-28-65-42,32-64-43-10-6-7-27-63-43)45-39-29-35(40-31-54(5)46(58)44-38(40)19-24-57(44)66(61,62)37-14-11-34(3)12-15-37)13-16-41(39)51-47(52-45)56-22-17-36(18-23-56)55-25-20-49(4,21-26-55)53-48(59)60/h8-9,11-16,19,24,28-29,31,33,36,43,53H,6-7,10,17-18,20-23,25-27,30,32H2,1-5H3,(H,59,60). The lowest BCUT2D eigenvalue weighted by Gasteiger charge is -2.45. The lowest BCUT2D eigenvalue weighted by atomic mass is 9.75. The summed E-state index contributed by atoms with van der Waals surface area (Å²) >= 11 is 1.70. The number of amides is 1. The van der Waals surface area contributed by atoms with Crippen LogP contribution in [0, 0.1) is 12.8 Å². The first-order valence-electron chi connectivity index (χ1n) is 23.3. The lowest BCUT2D eigenvalue weighted by Crippen LogP contribution is -2.56. The van der Waals surface area contributed by atoms with Crippen LogP contribution in [0.5, 0.6) is 0 Å². The van der Waals surface area contributed by atoms with Gasteiger partial charge in [-0.05, 0) is 118 Å². The van der Waals surface area contributed by atoms with E-state index >= 15 is 0 Å². The molecule has 3 aliphatic heterocycles. The Morgan fingerprint density at radius 3 is 2.44 bits per heavy atom. The second kappa shape index (κ2) is 18.5. The predicted molar refractivity (Wildman–Crippen MR) is 259 cm³/mol. The molecule has 9 rings (SSSR count). The summed E-state index contributed by atoms with van der Waals surface area (Å²) in [5.41, 5.74) is 2.63. The number of nitrogens with zero attached hydrogens (tertiary/aromatic N) is 6. The molecule has 0 radical (unpaired) electrons. The van der Waals surface area contributed by atoms with E-state index in [1.165, 1.54) is 10.8 Å². The van der Waals surface area contributed by atoms with E-state index in [1.54, 1.807) is 54.9 Å². The predicted octanol–water partition coefficient (Wildman–Crippen LogP) is 8.52. The first-order valence-corrected chi connectivity index (χ1v) is 25.6. The number of thiophene rings is 1. The smallest absolute Gasteiger partial charge is 0.405 e. The molecule has 0 spiro atoms. The van der Waals surface area contributed by atoms with E-state index in [2.05, 4.69) is 52.5 Å². The molecule has 0 saturated carbocycles. The van der Waals surface area contributed by atoms with E-state index < -0.39 is 32.6 Å². The van der Waals surface area contributed by atoms with E-state index in [1.807, 2.05) is 26.0 Å². The minimum Gasteiger partial charge on any atom is -0.465 e. The number of aromatic nitrogens is 4. The molecular weight excluding hydrogens is 875 g/mol. The monoisotopic (exact) mass is 935 g/mol. The SMILES string of the molecule is Cc1ccc(S(=O)(=O)n2ccc3c(-c4ccc5nc(N6CCC(N7CCC(C)(NC(=O)O)CC7)CC6)nc(C(COC6CCCCO6)(CC(C)C)c6cccs6)c5c4)cn(C)c(=O)c32)cc1. The van der Waals surface area contributed by atoms with Gasteiger partial charge in [-0.15, -0.1) is 11.3 Å². The number of fused-ring (bicyclic) bond motifs is 2. The summed E-state index contributed by atoms with van der Waals surface area (Å²) in [6, 6.07) is 19.2. The fraction of sp³-hybridized carbons (Fsp3) is 0.480. The fourth-order valence-corrected chi connectivity index (χ4v) is 12.7. The number of likely N-dealkylation sites (tertiary alicyclic amines) is 1. The first kappa shape index (κ1) is 46.0. The largest absolute Gasteiger partial charge is 0.465 e. The Balaban J connectivity index is 1.15. The van der Waals surface area contributed by atoms with Gasteiger partial charge in [0, 0.05) is 85.0 Å². The van der Waals surface area contributed by atoms with Crippen LogP contribution in [-0.4, -0.2) is 100 Å². The van der Waals surface area contributed by atoms with Gasteiger partial charge in [-0.1, -0.05) is 43.7 Å². The third-order valence-electron chi connectivity index (χ3n) is 14.0. The number of piperidine rings is 2. The van der Waals surface area contributed by atoms with Crippen molar-refractivity contribution in [3.8, 4) is 11.1 Å². The Bertz CT molecular complexity index is 2870. The minimum absolute atomic E-state index is 0.0787. The Labute approximate surface area is 390 Å². The molecule has 0 bridgehead atoms. The van der Waals surface area contributed by atoms with Crippen LogP contribution in [0.4, 0.5) is 10.7 Å². The molecule has 16 heteroatoms. The lowest BCUT2D eigenvalue weighted by molar-refractivity contribution is -0.170. The molecule has 0 aliphatic carbocycles. The summed E-state index contributed by atoms with van der Waals surface area (Å²) in [6.07, 6.45) is 9.01. The molecule has 66 heavy (non-hydrogen) atoms. The van der Waals surface area contributed by atoms with Gasteiger partial charge in [-0.25, -0.2) is 27.2 Å². The number of anilines is 1. The zero-order valence-electron chi connectivity index (χ0n) is 38.5. The fourth-order valence-electron chi connectivity index (χ4n) is 10.4. The second-order valence-corrected chi connectivity index (χ2v) is 22.0. The van der Waals surface area contributed by atoms with E-state index in [-0.39, 0.29) is 22.6 Å². The van der Waals surface area contributed by atoms with Gasteiger partial charge < -0.3 is 34.3 Å². The Morgan fingerprint density at radius 2 is 1.77 bits per heavy atom. The van der Waals surface area contributed by atoms with E-state index in [4.69, 9.17) is 19.4 Å². The van der Waals surface area contributed by atoms with Crippen molar-refractivity contribution in [3.05, 3.63) is 105 Å². The van der Waals surface area contributed by atoms with E-state index in [9.17, 15) is 23.1 Å². The Morgan fingerprint density at radius 1 is 1.02 bits per heavy atom. The number of ether oxygens (including phenoxy) is 2. The van der Waals surface area contributed by atoms with Gasteiger partial charge in [0.2, 0.25) is 5.95 Å². The minimum atomic E-state index is -4.09. The van der Waals surface area contributed by atoms with Gasteiger partial charge in [0.15, 0.2) is 6.29 Å². The highest BCUT2D eigenvalue weighted by molar-refractivity contribution is 7.90. The van der Waals surface area contributed by atoms with Crippen LogP contribution in [-0.2, 0) is 32.0 Å². The van der Waals surface area contributed by atoms with E-state index in [0.717, 1.165) is 114 Å². The summed E-state index contributed by atoms with van der Waals surface area (Å²) in [4.78, 5) is 42.4. The van der Waals surface area contributed by atoms with Gasteiger partial charge in [-0.2, -0.15) is 0 Å². The van der Waals surface area contributed by atoms with Crippen molar-refractivity contribution in [1.29, 1.82) is 0 Å². The second-order valence-electron chi connectivity index (χ2n) is 19.3. The number of hydrogen-bond acceptors (Lipinski definition) is 11. The number of nitrogens with one attached hydrogen (secondary N) is 1. The Hall–Kier alpha value is -5.13. The number of pyridine rings is 1. The van der Waals surface area contributed by atoms with Crippen LogP contribution in [0.15, 0.2) is 88.1 Å². The van der Waals surface area contributed by atoms with Gasteiger partial charge in [0.25, 0.3) is 15.6 Å². The van der Waals surface area contributed by atoms with Gasteiger partial charge in [0.05, 0.1) is 28.1 Å². The number of carboxylic acid groups (broad SMARTS) is 1. The molecule has 4 aromatic heterocycles. The molecule has 3 saturated heterocycles. The highest BCUT2D eigenvalue weighted by atomic mass is 32.2. The van der Waals surface area contributed by atoms with Crippen molar-refractivity contribution in [2.75, 3.05) is 44.3 Å². The van der Waals surface area contributed by atoms with Gasteiger partial charge in [0.1, 0.15) is 5.52 Å². The molecule has 2 unspecified atom stereocenters. The molecule has 1 amide bonds. The van der Waals surface area contributed by atoms with Crippen LogP contribution < -0.4 is 15.8 Å². The molecule has 350 valence electrons. The quantitative estimate of drug-likeness (QED) is 0.114. The van der Waals surface area contributed by atoms with Crippen molar-refractivity contribution in [2.45, 2.75) is 107 Å². The number of hydrogen-bond donors (Lipinski definition) is 2. The van der Waals surface area contributed by atoms with Crippen molar-refractivity contribution < 1.29 is 27.8 Å². The average molecular weight is 936 g/mol. The molecule has 7 heterocycles. The zero-order valence-corrected chi connectivity index (χ0v) is 40.2. The maximum Gasteiger partial charge on any atom is 0.405 e. The highest BCUT2D eigenvalue weighted by Crippen LogP contribution is 2.45. The van der Waals surface area contributed by atoms with Gasteiger partial charge >= 0.3 is 6.09 Å². The molecule has 6 aromatic rings. The molecule has 3 aliphatic rings. The maximum atomic E-state index is 14.1. The molecule has 3 fully saturated rings. The Kier molecular flexibility index (Phi) is 12.9. The van der Waals surface area contributed by atoms with Crippen molar-refractivity contribution in [2.24, 2.45) is 13.0 Å². The molecule has 2 atom stereocenters. The summed E-state index contributed by atoms with van der Waals surface area (Å²) in [7, 11) is -2.44. The van der Waals surface area contributed by atoms with Crippen molar-refractivity contribution in [3.63, 3.8) is 0 Å². The number of rotatable bonds is 13. The molecule has 14 nitrogen and oxygen atoms in total. The summed E-state index contributed by atoms with van der Waals surface area (Å²) in [5.74, 6) is 0.924. The third-order valence-corrected chi connectivity index (χ3v) is 16.8. The van der Waals surface area contributed by atoms with Crippen LogP contribution in [0.1, 0.15) is 88.3 Å². The average Bonchev–Trinajstić information content (AvgIpc) is 4.02. The van der Waals surface area contributed by atoms with Crippen LogP contribution in [0.3, 0.4) is 0 Å². The van der Waals surface area contributed by atoms with Crippen LogP contribution in [0.25, 0.3) is 32.9 Å². The number of benzene rings is 2. The topological polar surface area (TPSA) is 161 Å². The number of aryl methyl sites for hydroxylation is 2. The molecule has 2 N–H and O–H groups in total. The normalized spacial score (nSPS) is 19.7. The molecular formula is C50H61N7O7S2. The highest BCUT2D eigenvalue weighted by Gasteiger charge is 2.42. The summed E-state index contributed by atoms with van der Waals surface area (Å²) in [6.45, 7) is 12.6. The van der Waals surface area contributed by atoms with Crippen LogP contribution >= 0.6 is 11.3 Å². The number of carbonyl (C=O) groups is 1. The summed E-state index contributed by atoms with van der Waals surface area (Å²) < 4.78 is 43.8.